The van der Waals surface area contributed by atoms with Gasteiger partial charge in [0.1, 0.15) is 6.54 Å². The van der Waals surface area contributed by atoms with Crippen LogP contribution in [0, 0.1) is 0 Å². The van der Waals surface area contributed by atoms with Crippen LogP contribution in [0.1, 0.15) is 6.92 Å². The lowest BCUT2D eigenvalue weighted by atomic mass is 10.6. The number of carbonyl (C=O) groups excluding carboxylic acids is 2. The van der Waals surface area contributed by atoms with Crippen LogP contribution in [0.5, 0.6) is 0 Å². The number of amides is 2. The van der Waals surface area contributed by atoms with Gasteiger partial charge in [0.2, 0.25) is 0 Å². The number of esters is 1. The summed E-state index contributed by atoms with van der Waals surface area (Å²) < 4.78 is 38.8. The lowest BCUT2D eigenvalue weighted by Gasteiger charge is -2.09. The maximum atomic E-state index is 11.5. The summed E-state index contributed by atoms with van der Waals surface area (Å²) in [4.78, 5) is 21.0. The minimum atomic E-state index is -4.81. The third-order valence-electron chi connectivity index (χ3n) is 0.954. The van der Waals surface area contributed by atoms with Crippen molar-refractivity contribution in [1.82, 2.24) is 10.6 Å². The number of carbonyl (C=O) groups is 2. The van der Waals surface area contributed by atoms with Crippen molar-refractivity contribution < 1.29 is 27.5 Å². The van der Waals surface area contributed by atoms with Crippen LogP contribution >= 0.6 is 0 Å². The lowest BCUT2D eigenvalue weighted by molar-refractivity contribution is -0.147. The van der Waals surface area contributed by atoms with Gasteiger partial charge in [-0.3, -0.25) is 4.79 Å². The number of ether oxygens (including phenoxy) is 1. The van der Waals surface area contributed by atoms with Gasteiger partial charge >= 0.3 is 18.3 Å². The molecular formula is C6H9F3N2O3. The second-order valence-corrected chi connectivity index (χ2v) is 2.11. The van der Waals surface area contributed by atoms with E-state index in [1.54, 1.807) is 5.32 Å². The molecule has 0 atom stereocenters. The third kappa shape index (κ3) is 7.19. The number of nitrogens with one attached hydrogen (secondary N) is 2. The number of urea groups is 1. The predicted molar refractivity (Wildman–Crippen MR) is 39.2 cm³/mol. The molecule has 14 heavy (non-hydrogen) atoms. The molecule has 0 saturated heterocycles. The molecule has 0 heterocycles. The minimum absolute atomic E-state index is 0.0986. The van der Waals surface area contributed by atoms with E-state index < -0.39 is 24.8 Å². The molecule has 0 aromatic rings. The molecule has 0 radical (unpaired) electrons. The van der Waals surface area contributed by atoms with Crippen molar-refractivity contribution in [3.05, 3.63) is 0 Å². The van der Waals surface area contributed by atoms with Gasteiger partial charge in [-0.25, -0.2) is 10.1 Å². The van der Waals surface area contributed by atoms with E-state index in [-0.39, 0.29) is 6.61 Å². The number of hydrogen-bond donors (Lipinski definition) is 2. The Labute approximate surface area is 77.6 Å². The highest BCUT2D eigenvalue weighted by atomic mass is 19.4. The van der Waals surface area contributed by atoms with Crippen LogP contribution in [-0.4, -0.2) is 31.5 Å². The Morgan fingerprint density at radius 1 is 1.36 bits per heavy atom. The van der Waals surface area contributed by atoms with Crippen molar-refractivity contribution in [2.45, 2.75) is 13.2 Å². The Morgan fingerprint density at radius 3 is 2.36 bits per heavy atom. The molecule has 0 unspecified atom stereocenters. The van der Waals surface area contributed by atoms with E-state index in [1.807, 2.05) is 0 Å². The molecule has 2 N–H and O–H groups in total. The summed E-state index contributed by atoms with van der Waals surface area (Å²) in [5.74, 6) is -0.801. The predicted octanol–water partition coefficient (Wildman–Crippen LogP) is 0.369. The summed E-state index contributed by atoms with van der Waals surface area (Å²) in [5, 5.41) is 2.34. The van der Waals surface area contributed by atoms with Gasteiger partial charge in [0.05, 0.1) is 6.61 Å². The van der Waals surface area contributed by atoms with E-state index in [1.165, 1.54) is 6.92 Å². The first-order valence-electron chi connectivity index (χ1n) is 3.63. The lowest BCUT2D eigenvalue weighted by Crippen LogP contribution is -2.45. The average Bonchev–Trinajstić information content (AvgIpc) is 1.98. The van der Waals surface area contributed by atoms with E-state index in [0.717, 1.165) is 0 Å². The van der Waals surface area contributed by atoms with Crippen molar-refractivity contribution in [3.8, 4) is 0 Å². The number of alkyl halides is 3. The van der Waals surface area contributed by atoms with Gasteiger partial charge < -0.3 is 10.1 Å². The van der Waals surface area contributed by atoms with E-state index in [9.17, 15) is 22.8 Å². The zero-order valence-corrected chi connectivity index (χ0v) is 7.27. The van der Waals surface area contributed by atoms with E-state index in [2.05, 4.69) is 4.74 Å². The zero-order chi connectivity index (χ0) is 11.2. The van der Waals surface area contributed by atoms with Gasteiger partial charge in [0, 0.05) is 0 Å². The molecule has 8 heteroatoms. The van der Waals surface area contributed by atoms with Crippen molar-refractivity contribution in [2.75, 3.05) is 13.2 Å². The number of rotatable bonds is 3. The number of hydrogen-bond acceptors (Lipinski definition) is 3. The summed E-state index contributed by atoms with van der Waals surface area (Å²) >= 11 is 0. The van der Waals surface area contributed by atoms with Crippen molar-refractivity contribution in [1.29, 1.82) is 0 Å². The van der Waals surface area contributed by atoms with Crippen LogP contribution in [0.4, 0.5) is 18.0 Å². The van der Waals surface area contributed by atoms with E-state index in [4.69, 9.17) is 0 Å². The standard InChI is InChI=1S/C6H9F3N2O3/c1-2-14-4(12)3-10-5(13)11-6(7,8)9/h2-3H2,1H3,(H2,10,11,13). The second-order valence-electron chi connectivity index (χ2n) is 2.11. The Hall–Kier alpha value is -1.47. The Bertz CT molecular complexity index is 217. The highest BCUT2D eigenvalue weighted by Gasteiger charge is 2.29. The summed E-state index contributed by atoms with van der Waals surface area (Å²) in [5.41, 5.74) is 0. The van der Waals surface area contributed by atoms with Gasteiger partial charge in [0.15, 0.2) is 0 Å². The Balaban J connectivity index is 3.70. The molecule has 0 rings (SSSR count). The summed E-state index contributed by atoms with van der Waals surface area (Å²) in [6.07, 6.45) is -4.81. The fraction of sp³-hybridized carbons (Fsp3) is 0.667. The molecule has 0 aromatic heterocycles. The molecule has 82 valence electrons. The highest BCUT2D eigenvalue weighted by Crippen LogP contribution is 2.08. The maximum absolute atomic E-state index is 11.5. The molecule has 0 spiro atoms. The van der Waals surface area contributed by atoms with Crippen LogP contribution < -0.4 is 10.6 Å². The van der Waals surface area contributed by atoms with Crippen LogP contribution in [0.3, 0.4) is 0 Å². The molecule has 0 aliphatic carbocycles. The van der Waals surface area contributed by atoms with Crippen molar-refractivity contribution >= 4 is 12.0 Å². The monoisotopic (exact) mass is 214 g/mol. The second kappa shape index (κ2) is 5.30. The SMILES string of the molecule is CCOC(=O)CNC(=O)NC(F)(F)F. The van der Waals surface area contributed by atoms with Crippen LogP contribution in [0.15, 0.2) is 0 Å². The molecule has 0 aromatic carbocycles. The molecule has 0 aliphatic rings. The zero-order valence-electron chi connectivity index (χ0n) is 7.27. The minimum Gasteiger partial charge on any atom is -0.465 e. The largest absolute Gasteiger partial charge is 0.485 e. The summed E-state index contributed by atoms with van der Waals surface area (Å²) in [6.45, 7) is 1.03. The third-order valence-corrected chi connectivity index (χ3v) is 0.954. The molecule has 5 nitrogen and oxygen atoms in total. The summed E-state index contributed by atoms with van der Waals surface area (Å²) in [7, 11) is 0. The molecule has 0 aliphatic heterocycles. The van der Waals surface area contributed by atoms with Gasteiger partial charge in [-0.1, -0.05) is 0 Å². The normalized spacial score (nSPS) is 10.6. The van der Waals surface area contributed by atoms with E-state index in [0.29, 0.717) is 5.32 Å². The maximum Gasteiger partial charge on any atom is 0.485 e. The quantitative estimate of drug-likeness (QED) is 0.526. The van der Waals surface area contributed by atoms with Gasteiger partial charge in [0.25, 0.3) is 0 Å². The first-order chi connectivity index (χ1) is 6.35. The van der Waals surface area contributed by atoms with E-state index >= 15 is 0 Å². The van der Waals surface area contributed by atoms with Gasteiger partial charge in [-0.15, -0.1) is 0 Å². The van der Waals surface area contributed by atoms with Crippen LogP contribution in [-0.2, 0) is 9.53 Å². The molecular weight excluding hydrogens is 205 g/mol. The average molecular weight is 214 g/mol. The first-order valence-corrected chi connectivity index (χ1v) is 3.63. The molecule has 2 amide bonds. The topological polar surface area (TPSA) is 67.4 Å². The highest BCUT2D eigenvalue weighted by molar-refractivity contribution is 5.80. The molecule has 0 bridgehead atoms. The fourth-order valence-corrected chi connectivity index (χ4v) is 0.537. The van der Waals surface area contributed by atoms with Crippen LogP contribution in [0.25, 0.3) is 0 Å². The Morgan fingerprint density at radius 2 is 1.93 bits per heavy atom. The van der Waals surface area contributed by atoms with Gasteiger partial charge in [-0.05, 0) is 6.92 Å². The van der Waals surface area contributed by atoms with Crippen molar-refractivity contribution in [3.63, 3.8) is 0 Å². The summed E-state index contributed by atoms with van der Waals surface area (Å²) in [6, 6.07) is -1.49. The number of halogens is 3. The smallest absolute Gasteiger partial charge is 0.465 e. The van der Waals surface area contributed by atoms with Crippen molar-refractivity contribution in [2.24, 2.45) is 0 Å². The Kier molecular flexibility index (Phi) is 4.74. The molecule has 0 saturated carbocycles. The van der Waals surface area contributed by atoms with Crippen LogP contribution in [0.2, 0.25) is 0 Å². The first kappa shape index (κ1) is 12.5. The van der Waals surface area contributed by atoms with Gasteiger partial charge in [-0.2, -0.15) is 13.2 Å². The fourth-order valence-electron chi connectivity index (χ4n) is 0.537. The molecule has 0 fully saturated rings.